The lowest BCUT2D eigenvalue weighted by atomic mass is 9.97. The maximum absolute atomic E-state index is 13.4. The predicted molar refractivity (Wildman–Crippen MR) is 158 cm³/mol. The molecular weight excluding hydrogens is 524 g/mol. The Morgan fingerprint density at radius 2 is 2.08 bits per heavy atom. The number of likely N-dealkylation sites (tertiary alicyclic amines) is 1. The second-order valence-corrected chi connectivity index (χ2v) is 12.5. The zero-order valence-corrected chi connectivity index (χ0v) is 24.3. The van der Waals surface area contributed by atoms with Crippen LogP contribution in [0.4, 0.5) is 5.95 Å². The number of aryl methyl sites for hydroxylation is 1. The number of nitrogens with one attached hydrogen (secondary N) is 2. The van der Waals surface area contributed by atoms with Gasteiger partial charge in [-0.15, -0.1) is 11.3 Å². The summed E-state index contributed by atoms with van der Waals surface area (Å²) in [6.07, 6.45) is 4.84. The van der Waals surface area contributed by atoms with Crippen molar-refractivity contribution in [3.63, 3.8) is 0 Å². The number of amides is 2. The number of thiophene rings is 1. The van der Waals surface area contributed by atoms with Crippen molar-refractivity contribution in [1.82, 2.24) is 24.8 Å². The number of carbonyl (C=O) groups excluding carboxylic acids is 2. The molecule has 0 saturated carbocycles. The molecule has 2 amide bonds. The van der Waals surface area contributed by atoms with E-state index in [0.717, 1.165) is 47.4 Å². The Morgan fingerprint density at radius 1 is 1.25 bits per heavy atom. The van der Waals surface area contributed by atoms with Gasteiger partial charge in [0.15, 0.2) is 11.7 Å². The maximum Gasteiger partial charge on any atom is 0.268 e. The fraction of sp³-hybridized carbons (Fsp3) is 0.400. The number of imidazole rings is 1. The van der Waals surface area contributed by atoms with E-state index in [4.69, 9.17) is 9.40 Å². The molecule has 210 valence electrons. The molecule has 1 aliphatic heterocycles. The summed E-state index contributed by atoms with van der Waals surface area (Å²) in [6.45, 7) is 14.9. The average Bonchev–Trinajstić information content (AvgIpc) is 3.70. The molecule has 1 aromatic carbocycles. The second kappa shape index (κ2) is 11.4. The number of anilines is 1. The summed E-state index contributed by atoms with van der Waals surface area (Å²) in [6, 6.07) is 9.84. The summed E-state index contributed by atoms with van der Waals surface area (Å²) in [7, 11) is 0. The predicted octanol–water partition coefficient (Wildman–Crippen LogP) is 5.63. The number of oxazole rings is 1. The number of aromatic nitrogens is 3. The number of carbonyl (C=O) groups is 2. The third kappa shape index (κ3) is 6.18. The zero-order valence-electron chi connectivity index (χ0n) is 23.5. The summed E-state index contributed by atoms with van der Waals surface area (Å²) in [5.41, 5.74) is 3.02. The lowest BCUT2D eigenvalue weighted by Gasteiger charge is -2.24. The SMILES string of the molecule is C=CC(=O)N1CCC[C@@H]1Cn1c(NC(=O)c2ccc(-c3cnc(C)o3)s2)nc2cc(CNCC(C)(C)C)ccc21. The van der Waals surface area contributed by atoms with Gasteiger partial charge in [0.2, 0.25) is 11.9 Å². The first-order chi connectivity index (χ1) is 19.1. The Bertz CT molecular complexity index is 1540. The molecular formula is C30H36N6O3S. The van der Waals surface area contributed by atoms with Gasteiger partial charge in [-0.05, 0) is 54.2 Å². The van der Waals surface area contributed by atoms with Gasteiger partial charge in [-0.1, -0.05) is 33.4 Å². The number of nitrogens with zero attached hydrogens (tertiary/aromatic N) is 4. The highest BCUT2D eigenvalue weighted by molar-refractivity contribution is 7.17. The Labute approximate surface area is 238 Å². The summed E-state index contributed by atoms with van der Waals surface area (Å²) in [5, 5.41) is 6.55. The van der Waals surface area contributed by atoms with Crippen LogP contribution in [0.25, 0.3) is 21.7 Å². The molecule has 1 saturated heterocycles. The molecule has 5 rings (SSSR count). The number of rotatable bonds is 9. The molecule has 4 heterocycles. The van der Waals surface area contributed by atoms with E-state index in [1.807, 2.05) is 15.5 Å². The number of fused-ring (bicyclic) bond motifs is 1. The molecule has 40 heavy (non-hydrogen) atoms. The molecule has 3 aromatic heterocycles. The van der Waals surface area contributed by atoms with E-state index < -0.39 is 0 Å². The standard InChI is InChI=1S/C30H36N6O3S/c1-6-27(37)35-13-7-8-21(35)17-36-23-10-9-20(15-31-18-30(3,4)5)14-22(23)33-29(36)34-28(38)26-12-11-25(40-26)24-16-32-19(2)39-24/h6,9-12,14,16,21,31H,1,7-8,13,15,17-18H2,2-5H3,(H,33,34,38)/t21-/m1/s1. The molecule has 9 nitrogen and oxygen atoms in total. The number of hydrogen-bond donors (Lipinski definition) is 2. The van der Waals surface area contributed by atoms with Crippen molar-refractivity contribution in [3.05, 3.63) is 65.5 Å². The van der Waals surface area contributed by atoms with Crippen molar-refractivity contribution in [2.24, 2.45) is 5.41 Å². The Morgan fingerprint density at radius 3 is 2.80 bits per heavy atom. The van der Waals surface area contributed by atoms with Crippen LogP contribution in [0.2, 0.25) is 0 Å². The van der Waals surface area contributed by atoms with Crippen molar-refractivity contribution >= 4 is 40.1 Å². The van der Waals surface area contributed by atoms with Gasteiger partial charge < -0.3 is 19.2 Å². The van der Waals surface area contributed by atoms with Crippen molar-refractivity contribution in [2.45, 2.75) is 59.7 Å². The molecule has 0 radical (unpaired) electrons. The van der Waals surface area contributed by atoms with Crippen LogP contribution in [0.1, 0.15) is 54.7 Å². The molecule has 10 heteroatoms. The second-order valence-electron chi connectivity index (χ2n) is 11.4. The van der Waals surface area contributed by atoms with Gasteiger partial charge in [0.05, 0.1) is 33.0 Å². The molecule has 1 fully saturated rings. The molecule has 0 spiro atoms. The molecule has 0 bridgehead atoms. The minimum absolute atomic E-state index is 0.00489. The highest BCUT2D eigenvalue weighted by Gasteiger charge is 2.29. The maximum atomic E-state index is 13.4. The van der Waals surface area contributed by atoms with Gasteiger partial charge >= 0.3 is 0 Å². The zero-order chi connectivity index (χ0) is 28.4. The molecule has 0 aliphatic carbocycles. The number of hydrogen-bond acceptors (Lipinski definition) is 7. The lowest BCUT2D eigenvalue weighted by Crippen LogP contribution is -2.37. The average molecular weight is 561 g/mol. The smallest absolute Gasteiger partial charge is 0.268 e. The molecule has 2 N–H and O–H groups in total. The summed E-state index contributed by atoms with van der Waals surface area (Å²) in [4.78, 5) is 38.1. The third-order valence-corrected chi connectivity index (χ3v) is 8.04. The van der Waals surface area contributed by atoms with E-state index in [0.29, 0.717) is 35.6 Å². The van der Waals surface area contributed by atoms with Crippen LogP contribution in [0.3, 0.4) is 0 Å². The van der Waals surface area contributed by atoms with Gasteiger partial charge in [0, 0.05) is 33.1 Å². The van der Waals surface area contributed by atoms with Gasteiger partial charge in [0.1, 0.15) is 0 Å². The van der Waals surface area contributed by atoms with E-state index in [1.54, 1.807) is 19.2 Å². The fourth-order valence-electron chi connectivity index (χ4n) is 5.02. The first-order valence-electron chi connectivity index (χ1n) is 13.6. The Hall–Kier alpha value is -3.76. The van der Waals surface area contributed by atoms with Gasteiger partial charge in [-0.3, -0.25) is 14.9 Å². The largest absolute Gasteiger partial charge is 0.440 e. The monoisotopic (exact) mass is 560 g/mol. The van der Waals surface area contributed by atoms with E-state index in [2.05, 4.69) is 61.2 Å². The first-order valence-corrected chi connectivity index (χ1v) is 14.4. The number of benzene rings is 1. The minimum atomic E-state index is -0.249. The van der Waals surface area contributed by atoms with Crippen LogP contribution in [0.5, 0.6) is 0 Å². The Balaban J connectivity index is 1.43. The van der Waals surface area contributed by atoms with Crippen LogP contribution in [-0.2, 0) is 17.9 Å². The molecule has 1 atom stereocenters. The summed E-state index contributed by atoms with van der Waals surface area (Å²) in [5.74, 6) is 1.35. The van der Waals surface area contributed by atoms with Crippen molar-refractivity contribution in [3.8, 4) is 10.6 Å². The van der Waals surface area contributed by atoms with Crippen LogP contribution in [-0.4, -0.2) is 50.4 Å². The normalized spacial score (nSPS) is 15.6. The first kappa shape index (κ1) is 27.8. The van der Waals surface area contributed by atoms with Crippen LogP contribution < -0.4 is 10.6 Å². The van der Waals surface area contributed by atoms with Gasteiger partial charge in [-0.2, -0.15) is 0 Å². The topological polar surface area (TPSA) is 105 Å². The quantitative estimate of drug-likeness (QED) is 0.257. The van der Waals surface area contributed by atoms with Crippen molar-refractivity contribution < 1.29 is 14.0 Å². The van der Waals surface area contributed by atoms with Crippen LogP contribution >= 0.6 is 11.3 Å². The van der Waals surface area contributed by atoms with Gasteiger partial charge in [-0.25, -0.2) is 9.97 Å². The Kier molecular flexibility index (Phi) is 7.91. The fourth-order valence-corrected chi connectivity index (χ4v) is 5.87. The van der Waals surface area contributed by atoms with E-state index in [1.165, 1.54) is 17.4 Å². The summed E-state index contributed by atoms with van der Waals surface area (Å²) < 4.78 is 7.64. The van der Waals surface area contributed by atoms with Crippen LogP contribution in [0.15, 0.2) is 53.6 Å². The third-order valence-electron chi connectivity index (χ3n) is 6.94. The minimum Gasteiger partial charge on any atom is -0.440 e. The highest BCUT2D eigenvalue weighted by Crippen LogP contribution is 2.30. The van der Waals surface area contributed by atoms with Gasteiger partial charge in [0.25, 0.3) is 5.91 Å². The van der Waals surface area contributed by atoms with E-state index in [9.17, 15) is 9.59 Å². The molecule has 4 aromatic rings. The molecule has 0 unspecified atom stereocenters. The molecule has 1 aliphatic rings. The van der Waals surface area contributed by atoms with E-state index >= 15 is 0 Å². The van der Waals surface area contributed by atoms with Crippen molar-refractivity contribution in [2.75, 3.05) is 18.4 Å². The van der Waals surface area contributed by atoms with E-state index in [-0.39, 0.29) is 23.3 Å². The lowest BCUT2D eigenvalue weighted by molar-refractivity contribution is -0.126. The highest BCUT2D eigenvalue weighted by atomic mass is 32.1. The summed E-state index contributed by atoms with van der Waals surface area (Å²) >= 11 is 1.34. The van der Waals surface area contributed by atoms with Crippen LogP contribution in [0, 0.1) is 12.3 Å². The van der Waals surface area contributed by atoms with Crippen molar-refractivity contribution in [1.29, 1.82) is 0 Å².